The van der Waals surface area contributed by atoms with E-state index >= 15 is 0 Å². The summed E-state index contributed by atoms with van der Waals surface area (Å²) in [5.41, 5.74) is 3.55. The van der Waals surface area contributed by atoms with E-state index in [0.29, 0.717) is 0 Å². The molecule has 1 aliphatic rings. The van der Waals surface area contributed by atoms with Crippen molar-refractivity contribution in [3.63, 3.8) is 0 Å². The molecular weight excluding hydrogens is 273 g/mol. The molecule has 0 spiro atoms. The quantitative estimate of drug-likeness (QED) is 0.822. The van der Waals surface area contributed by atoms with E-state index in [1.165, 1.54) is 11.3 Å². The molecule has 0 saturated carbocycles. The summed E-state index contributed by atoms with van der Waals surface area (Å²) in [6, 6.07) is 5.95. The van der Waals surface area contributed by atoms with E-state index in [4.69, 9.17) is 11.6 Å². The molecule has 1 aromatic carbocycles. The van der Waals surface area contributed by atoms with E-state index in [1.807, 2.05) is 12.1 Å². The third kappa shape index (κ3) is 2.64. The van der Waals surface area contributed by atoms with E-state index in [9.17, 15) is 0 Å². The molecule has 1 aromatic rings. The lowest BCUT2D eigenvalue weighted by Gasteiger charge is -2.13. The zero-order valence-electron chi connectivity index (χ0n) is 8.35. The highest BCUT2D eigenvalue weighted by Gasteiger charge is 2.05. The van der Waals surface area contributed by atoms with Gasteiger partial charge in [0, 0.05) is 21.7 Å². The van der Waals surface area contributed by atoms with Gasteiger partial charge in [0.05, 0.1) is 0 Å². The van der Waals surface area contributed by atoms with Gasteiger partial charge >= 0.3 is 0 Å². The topological polar surface area (TPSA) is 12.0 Å². The molecule has 2 rings (SSSR count). The molecule has 1 aliphatic heterocycles. The lowest BCUT2D eigenvalue weighted by Crippen LogP contribution is -2.14. The number of rotatable bonds is 1. The van der Waals surface area contributed by atoms with Gasteiger partial charge in [0.25, 0.3) is 0 Å². The Morgan fingerprint density at radius 2 is 2.13 bits per heavy atom. The fraction of sp³-hybridized carbons (Fsp3) is 0.167. The Bertz CT molecular complexity index is 429. The van der Waals surface area contributed by atoms with Crippen LogP contribution in [0.25, 0.3) is 5.57 Å². The molecule has 1 N–H and O–H groups in total. The molecule has 0 amide bonds. The van der Waals surface area contributed by atoms with E-state index < -0.39 is 0 Å². The van der Waals surface area contributed by atoms with Gasteiger partial charge in [-0.3, -0.25) is 0 Å². The Morgan fingerprint density at radius 1 is 1.33 bits per heavy atom. The molecule has 0 saturated heterocycles. The summed E-state index contributed by atoms with van der Waals surface area (Å²) in [7, 11) is 0. The summed E-state index contributed by atoms with van der Waals surface area (Å²) in [4.78, 5) is 0. The summed E-state index contributed by atoms with van der Waals surface area (Å²) in [6.45, 7) is 2.94. The predicted octanol–water partition coefficient (Wildman–Crippen LogP) is 3.99. The first kappa shape index (κ1) is 10.8. The van der Waals surface area contributed by atoms with Crippen LogP contribution in [-0.2, 0) is 0 Å². The van der Waals surface area contributed by atoms with Crippen molar-refractivity contribution in [3.05, 3.63) is 51.1 Å². The highest BCUT2D eigenvalue weighted by molar-refractivity contribution is 9.10. The monoisotopic (exact) mass is 283 g/mol. The number of halogens is 2. The average Bonchev–Trinajstić information content (AvgIpc) is 2.16. The van der Waals surface area contributed by atoms with Crippen LogP contribution in [0.3, 0.4) is 0 Å². The SMILES string of the molecule is CC1=CC(c2cc(Cl)cc(Br)c2)=CCN1. The average molecular weight is 285 g/mol. The van der Waals surface area contributed by atoms with Crippen molar-refractivity contribution in [2.45, 2.75) is 6.92 Å². The molecule has 0 unspecified atom stereocenters. The lowest BCUT2D eigenvalue weighted by molar-refractivity contribution is 0.895. The molecule has 0 radical (unpaired) electrons. The van der Waals surface area contributed by atoms with Crippen LogP contribution >= 0.6 is 27.5 Å². The van der Waals surface area contributed by atoms with Crippen LogP contribution in [0.1, 0.15) is 12.5 Å². The smallest absolute Gasteiger partial charge is 0.0423 e. The fourth-order valence-electron chi connectivity index (χ4n) is 1.59. The summed E-state index contributed by atoms with van der Waals surface area (Å²) < 4.78 is 1.01. The van der Waals surface area contributed by atoms with Gasteiger partial charge in [0.2, 0.25) is 0 Å². The number of benzene rings is 1. The summed E-state index contributed by atoms with van der Waals surface area (Å²) in [6.07, 6.45) is 4.28. The molecule has 1 heterocycles. The Hall–Kier alpha value is -0.730. The van der Waals surface area contributed by atoms with Gasteiger partial charge in [-0.05, 0) is 42.3 Å². The maximum absolute atomic E-state index is 6.01. The minimum absolute atomic E-state index is 0.755. The lowest BCUT2D eigenvalue weighted by atomic mass is 10.0. The van der Waals surface area contributed by atoms with Gasteiger partial charge in [-0.2, -0.15) is 0 Å². The minimum atomic E-state index is 0.755. The summed E-state index contributed by atoms with van der Waals surface area (Å²) in [5, 5.41) is 4.01. The van der Waals surface area contributed by atoms with E-state index in [0.717, 1.165) is 21.6 Å². The molecular formula is C12H11BrClN. The Kier molecular flexibility index (Phi) is 3.17. The Balaban J connectivity index is 2.41. The maximum Gasteiger partial charge on any atom is 0.0423 e. The molecule has 1 nitrogen and oxygen atoms in total. The highest BCUT2D eigenvalue weighted by atomic mass is 79.9. The molecule has 0 bridgehead atoms. The standard InChI is InChI=1S/C12H11BrClN/c1-8-4-9(2-3-15-8)10-5-11(13)7-12(14)6-10/h2,4-7,15H,3H2,1H3. The zero-order chi connectivity index (χ0) is 10.8. The van der Waals surface area contributed by atoms with Crippen LogP contribution in [0.4, 0.5) is 0 Å². The summed E-state index contributed by atoms with van der Waals surface area (Å²) >= 11 is 9.46. The third-order valence-corrected chi connectivity index (χ3v) is 2.95. The van der Waals surface area contributed by atoms with Gasteiger partial charge in [-0.25, -0.2) is 0 Å². The number of dihydropyridines is 1. The van der Waals surface area contributed by atoms with Crippen molar-refractivity contribution in [1.29, 1.82) is 0 Å². The minimum Gasteiger partial charge on any atom is -0.385 e. The van der Waals surface area contributed by atoms with Crippen molar-refractivity contribution in [2.75, 3.05) is 6.54 Å². The van der Waals surface area contributed by atoms with Gasteiger partial charge in [-0.1, -0.05) is 33.6 Å². The van der Waals surface area contributed by atoms with E-state index in [2.05, 4.69) is 46.4 Å². The second kappa shape index (κ2) is 4.42. The number of nitrogens with one attached hydrogen (secondary N) is 1. The molecule has 0 aromatic heterocycles. The Labute approximate surface area is 103 Å². The van der Waals surface area contributed by atoms with Crippen molar-refractivity contribution < 1.29 is 0 Å². The van der Waals surface area contributed by atoms with Crippen molar-refractivity contribution in [1.82, 2.24) is 5.32 Å². The van der Waals surface area contributed by atoms with Crippen LogP contribution in [0.15, 0.2) is 40.5 Å². The molecule has 15 heavy (non-hydrogen) atoms. The largest absolute Gasteiger partial charge is 0.385 e. The van der Waals surface area contributed by atoms with E-state index in [1.54, 1.807) is 0 Å². The van der Waals surface area contributed by atoms with Crippen LogP contribution in [0, 0.1) is 0 Å². The zero-order valence-corrected chi connectivity index (χ0v) is 10.7. The fourth-order valence-corrected chi connectivity index (χ4v) is 2.45. The second-order valence-electron chi connectivity index (χ2n) is 3.53. The first-order valence-corrected chi connectivity index (χ1v) is 5.91. The molecule has 78 valence electrons. The normalized spacial score (nSPS) is 15.4. The second-order valence-corrected chi connectivity index (χ2v) is 4.88. The van der Waals surface area contributed by atoms with Crippen LogP contribution in [-0.4, -0.2) is 6.54 Å². The molecule has 0 aliphatic carbocycles. The van der Waals surface area contributed by atoms with Crippen LogP contribution < -0.4 is 5.32 Å². The maximum atomic E-state index is 6.01. The van der Waals surface area contributed by atoms with Crippen LogP contribution in [0.5, 0.6) is 0 Å². The van der Waals surface area contributed by atoms with E-state index in [-0.39, 0.29) is 0 Å². The van der Waals surface area contributed by atoms with Gasteiger partial charge in [-0.15, -0.1) is 0 Å². The van der Waals surface area contributed by atoms with Gasteiger partial charge in [0.1, 0.15) is 0 Å². The van der Waals surface area contributed by atoms with Crippen molar-refractivity contribution in [3.8, 4) is 0 Å². The predicted molar refractivity (Wildman–Crippen MR) is 68.9 cm³/mol. The third-order valence-electron chi connectivity index (χ3n) is 2.27. The number of allylic oxidation sites excluding steroid dienone is 3. The first-order chi connectivity index (χ1) is 7.15. The van der Waals surface area contributed by atoms with Crippen molar-refractivity contribution in [2.24, 2.45) is 0 Å². The van der Waals surface area contributed by atoms with Gasteiger partial charge in [0.15, 0.2) is 0 Å². The molecule has 0 fully saturated rings. The molecule has 3 heteroatoms. The van der Waals surface area contributed by atoms with Gasteiger partial charge < -0.3 is 5.32 Å². The highest BCUT2D eigenvalue weighted by Crippen LogP contribution is 2.26. The van der Waals surface area contributed by atoms with Crippen LogP contribution in [0.2, 0.25) is 5.02 Å². The first-order valence-electron chi connectivity index (χ1n) is 4.74. The summed E-state index contributed by atoms with van der Waals surface area (Å²) in [5.74, 6) is 0. The number of hydrogen-bond donors (Lipinski definition) is 1. The van der Waals surface area contributed by atoms with Crippen molar-refractivity contribution >= 4 is 33.1 Å². The molecule has 0 atom stereocenters. The Morgan fingerprint density at radius 3 is 2.80 bits per heavy atom. The number of hydrogen-bond acceptors (Lipinski definition) is 1.